The summed E-state index contributed by atoms with van der Waals surface area (Å²) in [6.45, 7) is 4.09. The number of nitrogens with one attached hydrogen (secondary N) is 1. The predicted octanol–water partition coefficient (Wildman–Crippen LogP) is 4.58. The lowest BCUT2D eigenvalue weighted by Crippen LogP contribution is -2.67. The molecule has 0 radical (unpaired) electrons. The van der Waals surface area contributed by atoms with Crippen LogP contribution in [-0.4, -0.2) is 76.5 Å². The monoisotopic (exact) mass is 697 g/mol. The number of carbonyl (C=O) groups is 2. The molecule has 49 heavy (non-hydrogen) atoms. The van der Waals surface area contributed by atoms with Gasteiger partial charge in [-0.2, -0.15) is 18.0 Å². The van der Waals surface area contributed by atoms with Gasteiger partial charge in [-0.1, -0.05) is 18.5 Å². The fourth-order valence-electron chi connectivity index (χ4n) is 7.43. The summed E-state index contributed by atoms with van der Waals surface area (Å²) in [6.07, 6.45) is 0.0681. The summed E-state index contributed by atoms with van der Waals surface area (Å²) in [7, 11) is 0. The average Bonchev–Trinajstić information content (AvgIpc) is 3.70. The molecule has 256 valence electrons. The molecule has 4 aromatic rings. The second kappa shape index (κ2) is 11.1. The minimum absolute atomic E-state index is 0.0305. The van der Waals surface area contributed by atoms with Crippen molar-refractivity contribution in [3.05, 3.63) is 62.4 Å². The molecule has 3 fully saturated rings. The molecule has 0 spiro atoms. The van der Waals surface area contributed by atoms with Gasteiger partial charge in [-0.15, -0.1) is 10.2 Å². The number of hydrogen-bond acceptors (Lipinski definition) is 9. The van der Waals surface area contributed by atoms with E-state index in [1.54, 1.807) is 16.4 Å². The Morgan fingerprint density at radius 2 is 1.82 bits per heavy atom. The zero-order valence-corrected chi connectivity index (χ0v) is 27.2. The van der Waals surface area contributed by atoms with E-state index in [0.717, 1.165) is 31.0 Å². The average molecular weight is 698 g/mol. The maximum Gasteiger partial charge on any atom is 0.416 e. The third kappa shape index (κ3) is 5.01. The Labute approximate surface area is 281 Å². The van der Waals surface area contributed by atoms with E-state index in [2.05, 4.69) is 25.5 Å². The summed E-state index contributed by atoms with van der Waals surface area (Å²) in [5.41, 5.74) is 0.447. The number of hydrogen-bond donors (Lipinski definition) is 2. The topological polar surface area (TPSA) is 151 Å². The van der Waals surface area contributed by atoms with Crippen LogP contribution < -0.4 is 15.6 Å². The lowest BCUT2D eigenvalue weighted by atomic mass is 9.81. The van der Waals surface area contributed by atoms with Crippen LogP contribution in [0.5, 0.6) is 5.75 Å². The number of rotatable bonds is 5. The molecule has 4 atom stereocenters. The SMILES string of the molecule is Cc1ncnc(C(=O)N2CCN(c3c4n(c5nn(C6CC6)nc5c3=O)[C@H](C(=O)Nc3ccc(C(F)(F)F)cc3Cl)C[C@@H]4C)[C@H]3CC[C@@H]32)c1O. The maximum atomic E-state index is 14.4. The second-order valence-corrected chi connectivity index (χ2v) is 13.7. The molecular formula is C32H31ClF3N9O4. The summed E-state index contributed by atoms with van der Waals surface area (Å²) in [6, 6.07) is 1.48. The Hall–Kier alpha value is -4.73. The summed E-state index contributed by atoms with van der Waals surface area (Å²) in [5.74, 6) is -1.46. The molecule has 1 aromatic carbocycles. The highest BCUT2D eigenvalue weighted by Crippen LogP contribution is 2.46. The van der Waals surface area contributed by atoms with Crippen molar-refractivity contribution in [3.63, 3.8) is 0 Å². The molecule has 2 N–H and O–H groups in total. The highest BCUT2D eigenvalue weighted by molar-refractivity contribution is 6.33. The summed E-state index contributed by atoms with van der Waals surface area (Å²) in [4.78, 5) is 55.1. The first-order chi connectivity index (χ1) is 23.3. The number of carbonyl (C=O) groups excluding carboxylic acids is 2. The standard InChI is InChI=1S/C32H31ClF3N9O4/c1-14-11-22(30(48)39-19-6-3-16(12-18(19)33)32(34,35)36)44-25(14)26(28(47)23-29(44)41-45(40-23)17-4-5-17)42-9-10-43(21-8-7-20(21)42)31(49)24-27(46)15(2)37-13-38-24/h3,6,12-14,17,20-22,46H,4-5,7-11H2,1-2H3,(H,39,48)/t14-,20-,21-,22-/m0/s1. The number of halogens is 4. The van der Waals surface area contributed by atoms with Crippen LogP contribution >= 0.6 is 11.6 Å². The molecule has 2 aliphatic carbocycles. The van der Waals surface area contributed by atoms with E-state index in [1.165, 1.54) is 11.1 Å². The third-order valence-electron chi connectivity index (χ3n) is 10.2. The van der Waals surface area contributed by atoms with Gasteiger partial charge in [0.05, 0.1) is 39.7 Å². The number of aromatic nitrogens is 6. The van der Waals surface area contributed by atoms with E-state index in [0.29, 0.717) is 42.9 Å². The van der Waals surface area contributed by atoms with E-state index in [4.69, 9.17) is 11.6 Å². The molecule has 0 bridgehead atoms. The molecule has 2 amide bonds. The molecule has 5 heterocycles. The number of nitrogens with zero attached hydrogens (tertiary/aromatic N) is 8. The van der Waals surface area contributed by atoms with Gasteiger partial charge < -0.3 is 24.8 Å². The number of alkyl halides is 3. The van der Waals surface area contributed by atoms with Crippen molar-refractivity contribution in [2.24, 2.45) is 0 Å². The van der Waals surface area contributed by atoms with Gasteiger partial charge in [0.15, 0.2) is 22.6 Å². The molecule has 17 heteroatoms. The van der Waals surface area contributed by atoms with Crippen molar-refractivity contribution >= 4 is 46.0 Å². The number of piperazine rings is 1. The molecule has 4 aliphatic rings. The van der Waals surface area contributed by atoms with Gasteiger partial charge in [-0.3, -0.25) is 14.4 Å². The van der Waals surface area contributed by atoms with Crippen LogP contribution in [0.1, 0.15) is 84.5 Å². The molecule has 2 aliphatic heterocycles. The van der Waals surface area contributed by atoms with Crippen molar-refractivity contribution in [1.29, 1.82) is 0 Å². The smallest absolute Gasteiger partial charge is 0.416 e. The lowest BCUT2D eigenvalue weighted by Gasteiger charge is -2.54. The van der Waals surface area contributed by atoms with Gasteiger partial charge in [-0.25, -0.2) is 9.97 Å². The first-order valence-corrected chi connectivity index (χ1v) is 16.5. The maximum absolute atomic E-state index is 14.4. The van der Waals surface area contributed by atoms with Crippen molar-refractivity contribution in [1.82, 2.24) is 34.4 Å². The highest BCUT2D eigenvalue weighted by Gasteiger charge is 2.49. The van der Waals surface area contributed by atoms with Gasteiger partial charge in [-0.05, 0) is 57.2 Å². The number of fused-ring (bicyclic) bond motifs is 4. The summed E-state index contributed by atoms with van der Waals surface area (Å²) in [5, 5.41) is 22.2. The normalized spacial score (nSPS) is 23.3. The molecule has 3 aromatic heterocycles. The van der Waals surface area contributed by atoms with Crippen molar-refractivity contribution in [3.8, 4) is 5.75 Å². The quantitative estimate of drug-likeness (QED) is 0.305. The molecule has 13 nitrogen and oxygen atoms in total. The van der Waals surface area contributed by atoms with Crippen molar-refractivity contribution in [2.75, 3.05) is 23.3 Å². The molecule has 1 saturated heterocycles. The van der Waals surface area contributed by atoms with E-state index in [1.807, 2.05) is 11.8 Å². The van der Waals surface area contributed by atoms with E-state index in [9.17, 15) is 32.7 Å². The summed E-state index contributed by atoms with van der Waals surface area (Å²) < 4.78 is 41.5. The van der Waals surface area contributed by atoms with Crippen molar-refractivity contribution in [2.45, 2.75) is 82.2 Å². The van der Waals surface area contributed by atoms with E-state index >= 15 is 0 Å². The van der Waals surface area contributed by atoms with Crippen LogP contribution in [0.4, 0.5) is 24.5 Å². The minimum atomic E-state index is -4.60. The van der Waals surface area contributed by atoms with Gasteiger partial charge in [0.2, 0.25) is 11.3 Å². The zero-order valence-electron chi connectivity index (χ0n) is 26.4. The fourth-order valence-corrected chi connectivity index (χ4v) is 7.65. The lowest BCUT2D eigenvalue weighted by molar-refractivity contribution is -0.137. The number of aryl methyl sites for hydroxylation is 1. The number of aromatic hydroxyl groups is 1. The zero-order chi connectivity index (χ0) is 34.5. The van der Waals surface area contributed by atoms with Crippen LogP contribution in [0.3, 0.4) is 0 Å². The Bertz CT molecular complexity index is 2110. The van der Waals surface area contributed by atoms with E-state index < -0.39 is 29.6 Å². The number of pyridine rings is 1. The molecule has 2 saturated carbocycles. The van der Waals surface area contributed by atoms with Gasteiger partial charge in [0.1, 0.15) is 18.1 Å². The van der Waals surface area contributed by atoms with Crippen LogP contribution in [0.2, 0.25) is 5.02 Å². The van der Waals surface area contributed by atoms with Crippen LogP contribution in [-0.2, 0) is 11.0 Å². The number of anilines is 2. The Kier molecular flexibility index (Phi) is 7.18. The van der Waals surface area contributed by atoms with Gasteiger partial charge in [0, 0.05) is 25.0 Å². The minimum Gasteiger partial charge on any atom is -0.504 e. The van der Waals surface area contributed by atoms with Gasteiger partial charge >= 0.3 is 6.18 Å². The Morgan fingerprint density at radius 1 is 1.06 bits per heavy atom. The van der Waals surface area contributed by atoms with Crippen molar-refractivity contribution < 1.29 is 27.9 Å². The van der Waals surface area contributed by atoms with Gasteiger partial charge in [0.25, 0.3) is 5.91 Å². The highest BCUT2D eigenvalue weighted by atomic mass is 35.5. The largest absolute Gasteiger partial charge is 0.504 e. The van der Waals surface area contributed by atoms with Crippen LogP contribution in [0, 0.1) is 6.92 Å². The third-order valence-corrected chi connectivity index (χ3v) is 10.5. The second-order valence-electron chi connectivity index (χ2n) is 13.3. The molecule has 8 rings (SSSR count). The molecule has 0 unspecified atom stereocenters. The van der Waals surface area contributed by atoms with Crippen LogP contribution in [0.15, 0.2) is 29.3 Å². The predicted molar refractivity (Wildman–Crippen MR) is 171 cm³/mol. The van der Waals surface area contributed by atoms with Crippen LogP contribution in [0.25, 0.3) is 11.2 Å². The summed E-state index contributed by atoms with van der Waals surface area (Å²) >= 11 is 6.18. The first-order valence-electron chi connectivity index (χ1n) is 16.1. The fraction of sp³-hybridized carbons (Fsp3) is 0.469. The Morgan fingerprint density at radius 3 is 2.49 bits per heavy atom. The molecular weight excluding hydrogens is 667 g/mol. The number of amides is 2. The van der Waals surface area contributed by atoms with E-state index in [-0.39, 0.29) is 69.3 Å². The Balaban J connectivity index is 1.17. The number of benzene rings is 1. The first kappa shape index (κ1) is 31.5.